The van der Waals surface area contributed by atoms with Gasteiger partial charge in [-0.3, -0.25) is 14.2 Å². The summed E-state index contributed by atoms with van der Waals surface area (Å²) in [6, 6.07) is 7.34. The van der Waals surface area contributed by atoms with Gasteiger partial charge in [0.25, 0.3) is 5.56 Å². The first-order valence-electron chi connectivity index (χ1n) is 10.3. The van der Waals surface area contributed by atoms with E-state index in [-0.39, 0.29) is 11.5 Å². The molecule has 3 aromatic rings. The average molecular weight is 456 g/mol. The van der Waals surface area contributed by atoms with E-state index in [1.54, 1.807) is 29.1 Å². The van der Waals surface area contributed by atoms with Crippen LogP contribution in [0.2, 0.25) is 0 Å². The molecule has 162 valence electrons. The molecular formula is C23H25N3O3S2. The number of aryl methyl sites for hydroxylation is 2. The number of amides is 1. The minimum atomic E-state index is -0.414. The van der Waals surface area contributed by atoms with Crippen molar-refractivity contribution >= 4 is 39.2 Å². The second kappa shape index (κ2) is 9.28. The number of nitrogens with zero attached hydrogens (tertiary/aromatic N) is 2. The summed E-state index contributed by atoms with van der Waals surface area (Å²) in [6.07, 6.45) is 5.80. The monoisotopic (exact) mass is 455 g/mol. The van der Waals surface area contributed by atoms with Gasteiger partial charge in [0.2, 0.25) is 5.91 Å². The number of hydrogen-bond donors (Lipinski definition) is 1. The molecule has 1 aliphatic rings. The Morgan fingerprint density at radius 2 is 2.10 bits per heavy atom. The number of aromatic nitrogens is 2. The van der Waals surface area contributed by atoms with Crippen LogP contribution in [0.1, 0.15) is 30.2 Å². The average Bonchev–Trinajstić information content (AvgIpc) is 3.16. The first-order valence-corrected chi connectivity index (χ1v) is 12.0. The molecule has 8 heteroatoms. The van der Waals surface area contributed by atoms with E-state index in [4.69, 9.17) is 9.72 Å². The molecule has 1 atom stereocenters. The van der Waals surface area contributed by atoms with Crippen LogP contribution in [0.5, 0.6) is 5.75 Å². The molecule has 2 heterocycles. The number of nitrogens with one attached hydrogen (secondary N) is 1. The molecule has 0 saturated heterocycles. The lowest BCUT2D eigenvalue weighted by atomic mass is 9.97. The van der Waals surface area contributed by atoms with Gasteiger partial charge >= 0.3 is 0 Å². The van der Waals surface area contributed by atoms with Crippen molar-refractivity contribution in [3.05, 3.63) is 57.7 Å². The summed E-state index contributed by atoms with van der Waals surface area (Å²) in [4.78, 5) is 33.1. The van der Waals surface area contributed by atoms with Crippen molar-refractivity contribution in [2.75, 3.05) is 13.7 Å². The second-order valence-corrected chi connectivity index (χ2v) is 9.81. The largest absolute Gasteiger partial charge is 0.497 e. The molecule has 2 aromatic heterocycles. The number of rotatable bonds is 7. The summed E-state index contributed by atoms with van der Waals surface area (Å²) in [5.41, 5.74) is 1.78. The van der Waals surface area contributed by atoms with Crippen LogP contribution in [0, 0.1) is 0 Å². The third-order valence-electron chi connectivity index (χ3n) is 5.36. The van der Waals surface area contributed by atoms with E-state index in [0.29, 0.717) is 23.1 Å². The van der Waals surface area contributed by atoms with E-state index in [2.05, 4.69) is 11.9 Å². The highest BCUT2D eigenvalue weighted by Gasteiger charge is 2.25. The van der Waals surface area contributed by atoms with Gasteiger partial charge in [-0.15, -0.1) is 17.9 Å². The molecule has 4 rings (SSSR count). The van der Waals surface area contributed by atoms with Gasteiger partial charge in [-0.25, -0.2) is 4.98 Å². The van der Waals surface area contributed by atoms with Gasteiger partial charge in [-0.2, -0.15) is 0 Å². The standard InChI is InChI=1S/C23H25N3O3S2/c1-4-13-24-20(27)14(2)30-23-25-21-19(17-7-5-6-8-18(17)31-21)22(28)26(23)15-9-11-16(29-3)12-10-15/h4,9-12,14H,1,5-8,13H2,2-3H3,(H,24,27). The molecule has 0 spiro atoms. The van der Waals surface area contributed by atoms with Crippen molar-refractivity contribution in [1.82, 2.24) is 14.9 Å². The Balaban J connectivity index is 1.85. The molecule has 1 N–H and O–H groups in total. The van der Waals surface area contributed by atoms with Gasteiger partial charge in [0.15, 0.2) is 5.16 Å². The molecule has 0 radical (unpaired) electrons. The fourth-order valence-electron chi connectivity index (χ4n) is 3.75. The maximum Gasteiger partial charge on any atom is 0.267 e. The van der Waals surface area contributed by atoms with Crippen LogP contribution in [-0.2, 0) is 17.6 Å². The topological polar surface area (TPSA) is 73.2 Å². The highest BCUT2D eigenvalue weighted by atomic mass is 32.2. The summed E-state index contributed by atoms with van der Waals surface area (Å²) in [6.45, 7) is 5.85. The fraction of sp³-hybridized carbons (Fsp3) is 0.348. The maximum atomic E-state index is 13.7. The van der Waals surface area contributed by atoms with Crippen LogP contribution in [0.3, 0.4) is 0 Å². The van der Waals surface area contributed by atoms with E-state index >= 15 is 0 Å². The van der Waals surface area contributed by atoms with Crippen LogP contribution in [0.15, 0.2) is 46.9 Å². The number of carbonyl (C=O) groups is 1. The molecule has 1 unspecified atom stereocenters. The van der Waals surface area contributed by atoms with E-state index < -0.39 is 5.25 Å². The molecule has 6 nitrogen and oxygen atoms in total. The summed E-state index contributed by atoms with van der Waals surface area (Å²) in [5, 5.41) is 3.64. The van der Waals surface area contributed by atoms with Gasteiger partial charge in [-0.1, -0.05) is 17.8 Å². The quantitative estimate of drug-likeness (QED) is 0.330. The summed E-state index contributed by atoms with van der Waals surface area (Å²) in [7, 11) is 1.61. The van der Waals surface area contributed by atoms with E-state index in [0.717, 1.165) is 41.5 Å². The highest BCUT2D eigenvalue weighted by molar-refractivity contribution is 8.00. The molecular weight excluding hydrogens is 430 g/mol. The first kappa shape index (κ1) is 21.6. The van der Waals surface area contributed by atoms with Crippen molar-refractivity contribution in [3.63, 3.8) is 0 Å². The second-order valence-electron chi connectivity index (χ2n) is 7.42. The number of thioether (sulfide) groups is 1. The lowest BCUT2D eigenvalue weighted by Crippen LogP contribution is -2.32. The predicted molar refractivity (Wildman–Crippen MR) is 127 cm³/mol. The van der Waals surface area contributed by atoms with Gasteiger partial charge in [0.05, 0.1) is 23.4 Å². The van der Waals surface area contributed by atoms with Crippen LogP contribution in [-0.4, -0.2) is 34.4 Å². The van der Waals surface area contributed by atoms with Gasteiger partial charge < -0.3 is 10.1 Å². The summed E-state index contributed by atoms with van der Waals surface area (Å²) < 4.78 is 6.89. The zero-order chi connectivity index (χ0) is 22.0. The highest BCUT2D eigenvalue weighted by Crippen LogP contribution is 2.36. The number of methoxy groups -OCH3 is 1. The SMILES string of the molecule is C=CCNC(=O)C(C)Sc1nc2sc3c(c2c(=O)n1-c1ccc(OC)cc1)CCCC3. The smallest absolute Gasteiger partial charge is 0.267 e. The number of hydrogen-bond acceptors (Lipinski definition) is 6. The lowest BCUT2D eigenvalue weighted by molar-refractivity contribution is -0.120. The van der Waals surface area contributed by atoms with Gasteiger partial charge in [0.1, 0.15) is 10.6 Å². The molecule has 0 fully saturated rings. The maximum absolute atomic E-state index is 13.7. The third-order valence-corrected chi connectivity index (χ3v) is 7.60. The van der Waals surface area contributed by atoms with Crippen LogP contribution in [0.4, 0.5) is 0 Å². The number of ether oxygens (including phenoxy) is 1. The number of benzene rings is 1. The van der Waals surface area contributed by atoms with E-state index in [1.165, 1.54) is 16.6 Å². The predicted octanol–water partition coefficient (Wildman–Crippen LogP) is 4.12. The van der Waals surface area contributed by atoms with Gasteiger partial charge in [0, 0.05) is 11.4 Å². The Labute approximate surface area is 189 Å². The molecule has 0 saturated carbocycles. The zero-order valence-electron chi connectivity index (χ0n) is 17.6. The van der Waals surface area contributed by atoms with Crippen LogP contribution >= 0.6 is 23.1 Å². The Morgan fingerprint density at radius 3 is 2.81 bits per heavy atom. The van der Waals surface area contributed by atoms with Crippen LogP contribution in [0.25, 0.3) is 15.9 Å². The minimum absolute atomic E-state index is 0.0734. The van der Waals surface area contributed by atoms with E-state index in [1.807, 2.05) is 31.2 Å². The lowest BCUT2D eigenvalue weighted by Gasteiger charge is -2.16. The Bertz CT molecular complexity index is 1180. The molecule has 0 bridgehead atoms. The minimum Gasteiger partial charge on any atom is -0.497 e. The molecule has 31 heavy (non-hydrogen) atoms. The zero-order valence-corrected chi connectivity index (χ0v) is 19.3. The Kier molecular flexibility index (Phi) is 6.48. The van der Waals surface area contributed by atoms with Crippen molar-refractivity contribution in [1.29, 1.82) is 0 Å². The van der Waals surface area contributed by atoms with E-state index in [9.17, 15) is 9.59 Å². The number of fused-ring (bicyclic) bond motifs is 3. The Hall–Kier alpha value is -2.58. The van der Waals surface area contributed by atoms with Crippen molar-refractivity contribution in [3.8, 4) is 11.4 Å². The molecule has 1 aromatic carbocycles. The van der Waals surface area contributed by atoms with Gasteiger partial charge in [-0.05, 0) is 62.4 Å². The molecule has 1 aliphatic carbocycles. The number of carbonyl (C=O) groups excluding carboxylic acids is 1. The molecule has 1 amide bonds. The molecule has 0 aliphatic heterocycles. The normalized spacial score (nSPS) is 14.1. The van der Waals surface area contributed by atoms with Crippen molar-refractivity contribution < 1.29 is 9.53 Å². The fourth-order valence-corrected chi connectivity index (χ4v) is 6.01. The van der Waals surface area contributed by atoms with Crippen LogP contribution < -0.4 is 15.6 Å². The van der Waals surface area contributed by atoms with Crippen molar-refractivity contribution in [2.45, 2.75) is 43.0 Å². The summed E-state index contributed by atoms with van der Waals surface area (Å²) in [5.74, 6) is 0.594. The van der Waals surface area contributed by atoms with Crippen molar-refractivity contribution in [2.24, 2.45) is 0 Å². The summed E-state index contributed by atoms with van der Waals surface area (Å²) >= 11 is 2.91. The number of thiophene rings is 1. The first-order chi connectivity index (χ1) is 15.0. The Morgan fingerprint density at radius 1 is 1.35 bits per heavy atom. The third kappa shape index (κ3) is 4.27.